The van der Waals surface area contributed by atoms with Crippen molar-refractivity contribution in [3.8, 4) is 0 Å². The first-order chi connectivity index (χ1) is 13.6. The van der Waals surface area contributed by atoms with Gasteiger partial charge in [0.15, 0.2) is 26.0 Å². The molecule has 0 aromatic carbocycles. The minimum Gasteiger partial charge on any atom is -0.436 e. The van der Waals surface area contributed by atoms with Crippen molar-refractivity contribution in [3.05, 3.63) is 0 Å². The van der Waals surface area contributed by atoms with Gasteiger partial charge in [-0.25, -0.2) is 0 Å². The molecule has 0 aliphatic carbocycles. The van der Waals surface area contributed by atoms with Crippen molar-refractivity contribution in [3.63, 3.8) is 0 Å². The molecule has 3 aliphatic rings. The molecule has 3 rings (SSSR count). The monoisotopic (exact) mass is 448 g/mol. The third kappa shape index (κ3) is 4.21. The van der Waals surface area contributed by atoms with Crippen LogP contribution in [0.4, 0.5) is 0 Å². The molecule has 0 bridgehead atoms. The fraction of sp³-hybridized carbons (Fsp3) is 0.950. The molecule has 0 saturated carbocycles. The molecule has 0 aromatic rings. The van der Waals surface area contributed by atoms with Crippen LogP contribution in [0, 0.1) is 0 Å². The SMILES string of the molecule is CC(=O)O[C@H]1C[C@@H](O)[C@@H](O)[C@@]2(O1)[C@@H](CO[Si](C)(C)C(C)(C)C)O[C@@H]1OC(C)(C)O[C@@H]12. The van der Waals surface area contributed by atoms with E-state index >= 15 is 0 Å². The van der Waals surface area contributed by atoms with Crippen LogP contribution in [0.25, 0.3) is 0 Å². The first kappa shape index (κ1) is 24.1. The smallest absolute Gasteiger partial charge is 0.304 e. The predicted molar refractivity (Wildman–Crippen MR) is 108 cm³/mol. The zero-order valence-corrected chi connectivity index (χ0v) is 20.1. The van der Waals surface area contributed by atoms with E-state index < -0.39 is 62.7 Å². The van der Waals surface area contributed by atoms with Crippen LogP contribution in [-0.4, -0.2) is 79.5 Å². The van der Waals surface area contributed by atoms with Crippen molar-refractivity contribution < 1.29 is 43.1 Å². The number of ether oxygens (including phenoxy) is 5. The topological polar surface area (TPSA) is 113 Å². The van der Waals surface area contributed by atoms with E-state index in [0.717, 1.165) is 0 Å². The van der Waals surface area contributed by atoms with Gasteiger partial charge < -0.3 is 38.3 Å². The van der Waals surface area contributed by atoms with Crippen molar-refractivity contribution in [2.24, 2.45) is 0 Å². The van der Waals surface area contributed by atoms with Gasteiger partial charge >= 0.3 is 5.97 Å². The van der Waals surface area contributed by atoms with Gasteiger partial charge in [0.1, 0.15) is 18.3 Å². The zero-order valence-electron chi connectivity index (χ0n) is 19.1. The largest absolute Gasteiger partial charge is 0.436 e. The summed E-state index contributed by atoms with van der Waals surface area (Å²) < 4.78 is 35.7. The van der Waals surface area contributed by atoms with Crippen molar-refractivity contribution in [2.75, 3.05) is 6.61 Å². The highest BCUT2D eigenvalue weighted by atomic mass is 28.4. The Labute approximate surface area is 179 Å². The number of carbonyl (C=O) groups is 1. The van der Waals surface area contributed by atoms with Crippen molar-refractivity contribution in [1.29, 1.82) is 0 Å². The zero-order chi connectivity index (χ0) is 22.7. The van der Waals surface area contributed by atoms with E-state index in [9.17, 15) is 15.0 Å². The number of hydrogen-bond acceptors (Lipinski definition) is 9. The second kappa shape index (κ2) is 7.77. The minimum atomic E-state index is -2.15. The minimum absolute atomic E-state index is 0.0323. The highest BCUT2D eigenvalue weighted by Gasteiger charge is 2.71. The van der Waals surface area contributed by atoms with Gasteiger partial charge in [-0.05, 0) is 32.0 Å². The molecule has 9 nitrogen and oxygen atoms in total. The second-order valence-corrected chi connectivity index (χ2v) is 15.2. The molecule has 174 valence electrons. The quantitative estimate of drug-likeness (QED) is 0.489. The summed E-state index contributed by atoms with van der Waals surface area (Å²) in [6.45, 7) is 15.4. The van der Waals surface area contributed by atoms with E-state index in [1.165, 1.54) is 6.92 Å². The van der Waals surface area contributed by atoms with Crippen LogP contribution in [0.15, 0.2) is 0 Å². The Bertz CT molecular complexity index is 661. The summed E-state index contributed by atoms with van der Waals surface area (Å²) >= 11 is 0. The Morgan fingerprint density at radius 1 is 1.17 bits per heavy atom. The summed E-state index contributed by atoms with van der Waals surface area (Å²) in [6, 6.07) is 0. The van der Waals surface area contributed by atoms with E-state index in [-0.39, 0.29) is 18.1 Å². The number of rotatable bonds is 4. The maximum absolute atomic E-state index is 11.5. The molecular weight excluding hydrogens is 412 g/mol. The molecule has 30 heavy (non-hydrogen) atoms. The molecule has 7 atom stereocenters. The second-order valence-electron chi connectivity index (χ2n) is 10.4. The maximum atomic E-state index is 11.5. The molecule has 3 aliphatic heterocycles. The standard InChI is InChI=1S/C20H36O9Si/c1-11(21)25-14-9-12(22)15(23)20(27-14)13(10-24-30(7,8)18(2,3)4)26-17-16(20)28-19(5,6)29-17/h12-17,22-23H,9-10H2,1-8H3/t12-,13-,14-,15-,16+,17-,20+/m1/s1. The normalized spacial score (nSPS) is 41.1. The number of fused-ring (bicyclic) bond motifs is 2. The summed E-state index contributed by atoms with van der Waals surface area (Å²) in [5.41, 5.74) is -1.52. The Kier molecular flexibility index (Phi) is 6.23. The average Bonchev–Trinajstić information content (AvgIpc) is 3.00. The molecule has 2 N–H and O–H groups in total. The number of esters is 1. The van der Waals surface area contributed by atoms with Gasteiger partial charge in [0.2, 0.25) is 6.29 Å². The Hall–Kier alpha value is -0.593. The van der Waals surface area contributed by atoms with Gasteiger partial charge in [-0.15, -0.1) is 0 Å². The van der Waals surface area contributed by atoms with E-state index in [1.807, 2.05) is 0 Å². The summed E-state index contributed by atoms with van der Waals surface area (Å²) in [4.78, 5) is 11.5. The lowest BCUT2D eigenvalue weighted by atomic mass is 9.80. The predicted octanol–water partition coefficient (Wildman–Crippen LogP) is 1.65. The highest BCUT2D eigenvalue weighted by Crippen LogP contribution is 2.50. The fourth-order valence-corrected chi connectivity index (χ4v) is 4.99. The number of hydrogen-bond donors (Lipinski definition) is 2. The van der Waals surface area contributed by atoms with Gasteiger partial charge in [0, 0.05) is 13.3 Å². The molecule has 1 spiro atoms. The van der Waals surface area contributed by atoms with E-state index in [1.54, 1.807) is 13.8 Å². The van der Waals surface area contributed by atoms with E-state index in [4.69, 9.17) is 28.1 Å². The molecule has 3 fully saturated rings. The molecule has 0 aromatic heterocycles. The van der Waals surface area contributed by atoms with Crippen molar-refractivity contribution >= 4 is 14.3 Å². The Morgan fingerprint density at radius 3 is 2.37 bits per heavy atom. The van der Waals surface area contributed by atoms with Crippen LogP contribution in [0.3, 0.4) is 0 Å². The highest BCUT2D eigenvalue weighted by molar-refractivity contribution is 6.74. The molecular formula is C20H36O9Si. The van der Waals surface area contributed by atoms with Crippen LogP contribution in [-0.2, 0) is 32.9 Å². The molecule has 0 unspecified atom stereocenters. The summed E-state index contributed by atoms with van der Waals surface area (Å²) in [6.07, 6.45) is -6.08. The molecule has 10 heteroatoms. The third-order valence-electron chi connectivity index (χ3n) is 6.60. The summed E-state index contributed by atoms with van der Waals surface area (Å²) in [5.74, 6) is -1.51. The van der Waals surface area contributed by atoms with Crippen molar-refractivity contribution in [2.45, 2.75) is 114 Å². The molecule has 3 saturated heterocycles. The summed E-state index contributed by atoms with van der Waals surface area (Å²) in [5, 5.41) is 21.7. The fourth-order valence-electron chi connectivity index (χ4n) is 3.99. The first-order valence-corrected chi connectivity index (χ1v) is 13.4. The van der Waals surface area contributed by atoms with Crippen LogP contribution < -0.4 is 0 Å². The van der Waals surface area contributed by atoms with Gasteiger partial charge in [0.05, 0.1) is 12.7 Å². The molecule has 0 radical (unpaired) electrons. The molecule has 0 amide bonds. The Morgan fingerprint density at radius 2 is 1.80 bits per heavy atom. The van der Waals surface area contributed by atoms with E-state index in [2.05, 4.69) is 33.9 Å². The number of aliphatic hydroxyl groups is 2. The Balaban J connectivity index is 1.93. The van der Waals surface area contributed by atoms with Crippen LogP contribution in [0.1, 0.15) is 48.0 Å². The maximum Gasteiger partial charge on any atom is 0.304 e. The van der Waals surface area contributed by atoms with Gasteiger partial charge in [-0.3, -0.25) is 4.79 Å². The van der Waals surface area contributed by atoms with Gasteiger partial charge in [-0.1, -0.05) is 20.8 Å². The lowest BCUT2D eigenvalue weighted by Crippen LogP contribution is -2.68. The first-order valence-electron chi connectivity index (χ1n) is 10.5. The van der Waals surface area contributed by atoms with Crippen LogP contribution >= 0.6 is 0 Å². The third-order valence-corrected chi connectivity index (χ3v) is 11.1. The average molecular weight is 449 g/mol. The number of aliphatic hydroxyl groups excluding tert-OH is 2. The lowest BCUT2D eigenvalue weighted by Gasteiger charge is -2.48. The lowest BCUT2D eigenvalue weighted by molar-refractivity contribution is -0.329. The van der Waals surface area contributed by atoms with Crippen LogP contribution in [0.5, 0.6) is 0 Å². The number of carbonyl (C=O) groups excluding carboxylic acids is 1. The van der Waals surface area contributed by atoms with Gasteiger partial charge in [-0.2, -0.15) is 0 Å². The van der Waals surface area contributed by atoms with Gasteiger partial charge in [0.25, 0.3) is 0 Å². The van der Waals surface area contributed by atoms with E-state index in [0.29, 0.717) is 0 Å². The summed E-state index contributed by atoms with van der Waals surface area (Å²) in [7, 11) is -2.15. The molecule has 3 heterocycles. The van der Waals surface area contributed by atoms with Crippen molar-refractivity contribution in [1.82, 2.24) is 0 Å². The van der Waals surface area contributed by atoms with Crippen LogP contribution in [0.2, 0.25) is 18.1 Å².